The molecule has 1 aliphatic carbocycles. The van der Waals surface area contributed by atoms with Gasteiger partial charge in [0.15, 0.2) is 0 Å². The van der Waals surface area contributed by atoms with Crippen molar-refractivity contribution in [1.29, 1.82) is 0 Å². The molecule has 2 unspecified atom stereocenters. The molecule has 0 aromatic carbocycles. The number of aliphatic imine (C=N–C) groups is 1. The third-order valence-electron chi connectivity index (χ3n) is 3.23. The summed E-state index contributed by atoms with van der Waals surface area (Å²) >= 11 is 0. The summed E-state index contributed by atoms with van der Waals surface area (Å²) in [5, 5.41) is 0. The second-order valence-electron chi connectivity index (χ2n) is 5.04. The first kappa shape index (κ1) is 13.4. The summed E-state index contributed by atoms with van der Waals surface area (Å²) in [6, 6.07) is 0. The number of aldehydes is 1. The molecule has 0 aliphatic heterocycles. The lowest BCUT2D eigenvalue weighted by Gasteiger charge is -2.29. The zero-order chi connectivity index (χ0) is 12.0. The fourth-order valence-corrected chi connectivity index (χ4v) is 1.91. The summed E-state index contributed by atoms with van der Waals surface area (Å²) in [7, 11) is 0. The van der Waals surface area contributed by atoms with Gasteiger partial charge in [0.05, 0.1) is 5.60 Å². The first-order valence-corrected chi connectivity index (χ1v) is 6.18. The highest BCUT2D eigenvalue weighted by Crippen LogP contribution is 2.30. The van der Waals surface area contributed by atoms with Crippen LogP contribution in [0.5, 0.6) is 0 Å². The summed E-state index contributed by atoms with van der Waals surface area (Å²) in [6.07, 6.45) is 6.09. The van der Waals surface area contributed by atoms with Gasteiger partial charge in [-0.2, -0.15) is 0 Å². The van der Waals surface area contributed by atoms with Gasteiger partial charge in [-0.05, 0) is 40.0 Å². The molecule has 0 saturated heterocycles. The van der Waals surface area contributed by atoms with E-state index >= 15 is 0 Å². The Hall–Kier alpha value is -0.700. The van der Waals surface area contributed by atoms with E-state index in [1.807, 2.05) is 13.1 Å². The molecule has 1 fully saturated rings. The lowest BCUT2D eigenvalue weighted by Crippen LogP contribution is -2.28. The molecule has 0 spiro atoms. The van der Waals surface area contributed by atoms with E-state index in [4.69, 9.17) is 4.74 Å². The Morgan fingerprint density at radius 3 is 2.56 bits per heavy atom. The standard InChI is InChI=1S/C13H23NO2/c1-4-16-13(2,3)7-8-14-9-11-5-6-12(11)10-15/h9-12H,4-8H2,1-3H3/b14-9+. The molecule has 0 aromatic heterocycles. The predicted molar refractivity (Wildman–Crippen MR) is 66.0 cm³/mol. The molecule has 16 heavy (non-hydrogen) atoms. The van der Waals surface area contributed by atoms with Gasteiger partial charge in [0.25, 0.3) is 0 Å². The highest BCUT2D eigenvalue weighted by molar-refractivity contribution is 5.70. The maximum atomic E-state index is 10.6. The molecule has 3 heteroatoms. The van der Waals surface area contributed by atoms with Crippen molar-refractivity contribution < 1.29 is 9.53 Å². The van der Waals surface area contributed by atoms with Crippen LogP contribution in [0.2, 0.25) is 0 Å². The Morgan fingerprint density at radius 2 is 2.06 bits per heavy atom. The third-order valence-corrected chi connectivity index (χ3v) is 3.23. The van der Waals surface area contributed by atoms with Crippen LogP contribution in [0.15, 0.2) is 4.99 Å². The van der Waals surface area contributed by atoms with Gasteiger partial charge in [-0.15, -0.1) is 0 Å². The Labute approximate surface area is 98.3 Å². The van der Waals surface area contributed by atoms with Crippen LogP contribution in [0.3, 0.4) is 0 Å². The number of nitrogens with zero attached hydrogens (tertiary/aromatic N) is 1. The summed E-state index contributed by atoms with van der Waals surface area (Å²) in [4.78, 5) is 15.0. The largest absolute Gasteiger partial charge is 0.376 e. The van der Waals surface area contributed by atoms with E-state index in [0.717, 1.165) is 38.7 Å². The van der Waals surface area contributed by atoms with Crippen molar-refractivity contribution in [2.75, 3.05) is 13.2 Å². The smallest absolute Gasteiger partial charge is 0.123 e. The van der Waals surface area contributed by atoms with Gasteiger partial charge in [-0.3, -0.25) is 4.99 Å². The molecule has 2 atom stereocenters. The van der Waals surface area contributed by atoms with Crippen molar-refractivity contribution in [3.05, 3.63) is 0 Å². The molecule has 0 radical (unpaired) electrons. The van der Waals surface area contributed by atoms with Crippen LogP contribution in [0, 0.1) is 11.8 Å². The fraction of sp³-hybridized carbons (Fsp3) is 0.846. The summed E-state index contributed by atoms with van der Waals surface area (Å²) in [5.41, 5.74) is -0.0875. The van der Waals surface area contributed by atoms with Crippen molar-refractivity contribution in [3.8, 4) is 0 Å². The second kappa shape index (κ2) is 6.14. The van der Waals surface area contributed by atoms with Gasteiger partial charge in [0, 0.05) is 31.2 Å². The van der Waals surface area contributed by atoms with Crippen LogP contribution in [-0.2, 0) is 9.53 Å². The van der Waals surface area contributed by atoms with Crippen LogP contribution in [0.4, 0.5) is 0 Å². The highest BCUT2D eigenvalue weighted by atomic mass is 16.5. The minimum Gasteiger partial charge on any atom is -0.376 e. The first-order chi connectivity index (χ1) is 7.59. The van der Waals surface area contributed by atoms with Gasteiger partial charge in [-0.1, -0.05) is 0 Å². The zero-order valence-electron chi connectivity index (χ0n) is 10.6. The predicted octanol–water partition coefficient (Wildman–Crippen LogP) is 2.49. The van der Waals surface area contributed by atoms with Crippen LogP contribution in [0.25, 0.3) is 0 Å². The Morgan fingerprint density at radius 1 is 1.38 bits per heavy atom. The molecule has 0 amide bonds. The average molecular weight is 225 g/mol. The number of hydrogen-bond acceptors (Lipinski definition) is 3. The molecule has 1 aliphatic rings. The van der Waals surface area contributed by atoms with Gasteiger partial charge in [0.2, 0.25) is 0 Å². The number of ether oxygens (including phenoxy) is 1. The number of rotatable bonds is 7. The van der Waals surface area contributed by atoms with Crippen molar-refractivity contribution >= 4 is 12.5 Å². The minimum absolute atomic E-state index is 0.0875. The van der Waals surface area contributed by atoms with E-state index < -0.39 is 0 Å². The number of hydrogen-bond donors (Lipinski definition) is 0. The molecule has 0 aromatic rings. The summed E-state index contributed by atoms with van der Waals surface area (Å²) in [6.45, 7) is 7.71. The molecule has 0 bridgehead atoms. The second-order valence-corrected chi connectivity index (χ2v) is 5.04. The maximum Gasteiger partial charge on any atom is 0.123 e. The van der Waals surface area contributed by atoms with E-state index in [-0.39, 0.29) is 11.5 Å². The normalized spacial score (nSPS) is 25.7. The van der Waals surface area contributed by atoms with Crippen molar-refractivity contribution in [2.45, 2.75) is 45.6 Å². The van der Waals surface area contributed by atoms with E-state index in [0.29, 0.717) is 5.92 Å². The maximum absolute atomic E-state index is 10.6. The van der Waals surface area contributed by atoms with Crippen LogP contribution < -0.4 is 0 Å². The van der Waals surface area contributed by atoms with Gasteiger partial charge in [-0.25, -0.2) is 0 Å². The monoisotopic (exact) mass is 225 g/mol. The molecule has 92 valence electrons. The minimum atomic E-state index is -0.0875. The fourth-order valence-electron chi connectivity index (χ4n) is 1.91. The first-order valence-electron chi connectivity index (χ1n) is 6.18. The van der Waals surface area contributed by atoms with Gasteiger partial charge in [0.1, 0.15) is 6.29 Å². The third kappa shape index (κ3) is 4.05. The quantitative estimate of drug-likeness (QED) is 0.493. The van der Waals surface area contributed by atoms with Gasteiger partial charge < -0.3 is 9.53 Å². The van der Waals surface area contributed by atoms with Crippen LogP contribution >= 0.6 is 0 Å². The van der Waals surface area contributed by atoms with Crippen molar-refractivity contribution in [2.24, 2.45) is 16.8 Å². The molecular formula is C13H23NO2. The van der Waals surface area contributed by atoms with Crippen molar-refractivity contribution in [3.63, 3.8) is 0 Å². The topological polar surface area (TPSA) is 38.7 Å². The van der Waals surface area contributed by atoms with E-state index in [9.17, 15) is 4.79 Å². The highest BCUT2D eigenvalue weighted by Gasteiger charge is 2.28. The van der Waals surface area contributed by atoms with Gasteiger partial charge >= 0.3 is 0 Å². The summed E-state index contributed by atoms with van der Waals surface area (Å²) in [5.74, 6) is 0.622. The Balaban J connectivity index is 2.19. The molecule has 1 rings (SSSR count). The van der Waals surface area contributed by atoms with Crippen LogP contribution in [-0.4, -0.2) is 31.3 Å². The zero-order valence-corrected chi connectivity index (χ0v) is 10.6. The molecule has 0 heterocycles. The average Bonchev–Trinajstić information content (AvgIpc) is 2.16. The van der Waals surface area contributed by atoms with E-state index in [1.165, 1.54) is 0 Å². The van der Waals surface area contributed by atoms with E-state index in [1.54, 1.807) is 0 Å². The lowest BCUT2D eigenvalue weighted by molar-refractivity contribution is -0.114. The number of carbonyl (C=O) groups is 1. The van der Waals surface area contributed by atoms with Crippen molar-refractivity contribution in [1.82, 2.24) is 0 Å². The SMILES string of the molecule is CCOC(C)(C)CC/N=C/C1CCC1C=O. The number of carbonyl (C=O) groups excluding carboxylic acids is 1. The lowest BCUT2D eigenvalue weighted by atomic mass is 9.75. The Bertz CT molecular complexity index is 248. The summed E-state index contributed by atoms with van der Waals surface area (Å²) < 4.78 is 5.59. The molecular weight excluding hydrogens is 202 g/mol. The van der Waals surface area contributed by atoms with Crippen LogP contribution in [0.1, 0.15) is 40.0 Å². The molecule has 1 saturated carbocycles. The van der Waals surface area contributed by atoms with E-state index in [2.05, 4.69) is 18.8 Å². The molecule has 3 nitrogen and oxygen atoms in total. The molecule has 0 N–H and O–H groups in total. The Kier molecular flexibility index (Phi) is 5.13.